The lowest BCUT2D eigenvalue weighted by Gasteiger charge is -2.31. The highest BCUT2D eigenvalue weighted by atomic mass is 16.2. The fourth-order valence-electron chi connectivity index (χ4n) is 2.28. The average Bonchev–Trinajstić information content (AvgIpc) is 2.31. The Morgan fingerprint density at radius 1 is 1.38 bits per heavy atom. The van der Waals surface area contributed by atoms with Gasteiger partial charge in [0.15, 0.2) is 0 Å². The van der Waals surface area contributed by atoms with Crippen LogP contribution in [0.25, 0.3) is 0 Å². The molecule has 1 saturated heterocycles. The molecule has 2 atom stereocenters. The number of piperidine rings is 1. The molecule has 2 unspecified atom stereocenters. The topological polar surface area (TPSA) is 49.4 Å². The van der Waals surface area contributed by atoms with Crippen LogP contribution in [0.5, 0.6) is 0 Å². The molecule has 0 saturated carbocycles. The molecule has 0 aromatic rings. The lowest BCUT2D eigenvalue weighted by molar-refractivity contribution is -0.148. The van der Waals surface area contributed by atoms with Crippen LogP contribution in [0.2, 0.25) is 0 Å². The van der Waals surface area contributed by atoms with Crippen LogP contribution >= 0.6 is 0 Å². The number of nitrogens with zero attached hydrogens (tertiary/aromatic N) is 1. The van der Waals surface area contributed by atoms with Gasteiger partial charge >= 0.3 is 0 Å². The molecule has 2 amide bonds. The van der Waals surface area contributed by atoms with Crippen molar-refractivity contribution in [2.75, 3.05) is 7.05 Å². The van der Waals surface area contributed by atoms with Crippen molar-refractivity contribution in [1.29, 1.82) is 0 Å². The summed E-state index contributed by atoms with van der Waals surface area (Å²) in [6, 6.07) is 0.111. The minimum absolute atomic E-state index is 0.0674. The molecule has 0 aromatic carbocycles. The summed E-state index contributed by atoms with van der Waals surface area (Å²) in [6.07, 6.45) is 8.77. The highest BCUT2D eigenvalue weighted by molar-refractivity contribution is 6.00. The Labute approximate surface area is 95.7 Å². The summed E-state index contributed by atoms with van der Waals surface area (Å²) in [4.78, 5) is 24.4. The maximum absolute atomic E-state index is 11.8. The summed E-state index contributed by atoms with van der Waals surface area (Å²) in [5, 5.41) is 3.33. The van der Waals surface area contributed by atoms with Crippen molar-refractivity contribution < 1.29 is 9.59 Å². The maximum Gasteiger partial charge on any atom is 0.246 e. The number of allylic oxidation sites excluding steroid dienone is 1. The van der Waals surface area contributed by atoms with Gasteiger partial charge in [0, 0.05) is 19.5 Å². The molecule has 0 aromatic heterocycles. The fraction of sp³-hybridized carbons (Fsp3) is 0.667. The second-order valence-electron chi connectivity index (χ2n) is 4.51. The summed E-state index contributed by atoms with van der Waals surface area (Å²) in [5.74, 6) is -0.155. The molecule has 1 heterocycles. The quantitative estimate of drug-likeness (QED) is 0.556. The molecule has 2 rings (SSSR count). The number of likely N-dealkylation sites (tertiary alicyclic amines) is 1. The van der Waals surface area contributed by atoms with Crippen LogP contribution in [0.4, 0.5) is 0 Å². The van der Waals surface area contributed by atoms with E-state index in [1.165, 1.54) is 11.3 Å². The Kier molecular flexibility index (Phi) is 3.39. The molecule has 16 heavy (non-hydrogen) atoms. The van der Waals surface area contributed by atoms with E-state index in [1.54, 1.807) is 7.05 Å². The van der Waals surface area contributed by atoms with E-state index in [0.717, 1.165) is 12.8 Å². The monoisotopic (exact) mass is 222 g/mol. The molecule has 4 heteroatoms. The number of hydrogen-bond donors (Lipinski definition) is 1. The van der Waals surface area contributed by atoms with Gasteiger partial charge in [0.2, 0.25) is 11.8 Å². The second-order valence-corrected chi connectivity index (χ2v) is 4.51. The van der Waals surface area contributed by atoms with Crippen molar-refractivity contribution in [3.05, 3.63) is 12.2 Å². The number of imide groups is 1. The Hall–Kier alpha value is -1.16. The Morgan fingerprint density at radius 2 is 2.19 bits per heavy atom. The molecule has 1 fully saturated rings. The first kappa shape index (κ1) is 11.3. The normalized spacial score (nSPS) is 30.9. The van der Waals surface area contributed by atoms with E-state index in [1.807, 2.05) is 0 Å². The fourth-order valence-corrected chi connectivity index (χ4v) is 2.28. The molecular formula is C12H18N2O2. The summed E-state index contributed by atoms with van der Waals surface area (Å²) >= 11 is 0. The third-order valence-corrected chi connectivity index (χ3v) is 3.32. The zero-order valence-electron chi connectivity index (χ0n) is 9.61. The van der Waals surface area contributed by atoms with Crippen molar-refractivity contribution in [3.63, 3.8) is 0 Å². The van der Waals surface area contributed by atoms with Crippen molar-refractivity contribution in [2.45, 2.75) is 44.2 Å². The van der Waals surface area contributed by atoms with Gasteiger partial charge in [-0.1, -0.05) is 12.2 Å². The zero-order valence-corrected chi connectivity index (χ0v) is 9.61. The number of likely N-dealkylation sites (N-methyl/N-ethyl adjacent to an activating group) is 1. The molecule has 2 aliphatic rings. The maximum atomic E-state index is 11.8. The Bertz CT molecular complexity index is 325. The predicted molar refractivity (Wildman–Crippen MR) is 60.7 cm³/mol. The zero-order chi connectivity index (χ0) is 11.5. The van der Waals surface area contributed by atoms with Gasteiger partial charge in [-0.05, 0) is 25.7 Å². The standard InChI is InChI=1S/C12H18N2O2/c1-14-11(15)8-7-10(12(14)16)13-9-5-3-2-4-6-9/h3,5,9-10,13H,2,4,6-8H2,1H3. The van der Waals surface area contributed by atoms with Crippen LogP contribution in [-0.2, 0) is 9.59 Å². The van der Waals surface area contributed by atoms with Crippen LogP contribution in [0, 0.1) is 0 Å². The number of hydrogen-bond acceptors (Lipinski definition) is 3. The van der Waals surface area contributed by atoms with E-state index in [0.29, 0.717) is 18.9 Å². The van der Waals surface area contributed by atoms with E-state index in [2.05, 4.69) is 17.5 Å². The molecule has 88 valence electrons. The summed E-state index contributed by atoms with van der Waals surface area (Å²) in [5.41, 5.74) is 0. The van der Waals surface area contributed by atoms with Crippen molar-refractivity contribution in [2.24, 2.45) is 0 Å². The largest absolute Gasteiger partial charge is 0.300 e. The highest BCUT2D eigenvalue weighted by Crippen LogP contribution is 2.16. The van der Waals surface area contributed by atoms with E-state index in [-0.39, 0.29) is 17.9 Å². The first-order valence-corrected chi connectivity index (χ1v) is 5.91. The number of carbonyl (C=O) groups is 2. The van der Waals surface area contributed by atoms with E-state index in [9.17, 15) is 9.59 Å². The third-order valence-electron chi connectivity index (χ3n) is 3.32. The molecule has 0 bridgehead atoms. The van der Waals surface area contributed by atoms with Crippen LogP contribution in [-0.4, -0.2) is 35.8 Å². The van der Waals surface area contributed by atoms with Crippen LogP contribution in [0.1, 0.15) is 32.1 Å². The summed E-state index contributed by atoms with van der Waals surface area (Å²) < 4.78 is 0. The second kappa shape index (κ2) is 4.78. The number of nitrogens with one attached hydrogen (secondary N) is 1. The third kappa shape index (κ3) is 2.32. The number of rotatable bonds is 2. The van der Waals surface area contributed by atoms with Crippen molar-refractivity contribution >= 4 is 11.8 Å². The summed E-state index contributed by atoms with van der Waals surface area (Å²) in [7, 11) is 1.56. The molecule has 1 aliphatic carbocycles. The van der Waals surface area contributed by atoms with Crippen molar-refractivity contribution in [1.82, 2.24) is 10.2 Å². The van der Waals surface area contributed by atoms with Crippen LogP contribution < -0.4 is 5.32 Å². The van der Waals surface area contributed by atoms with Gasteiger partial charge in [-0.3, -0.25) is 19.8 Å². The van der Waals surface area contributed by atoms with Gasteiger partial charge in [-0.15, -0.1) is 0 Å². The van der Waals surface area contributed by atoms with Gasteiger partial charge in [0.05, 0.1) is 6.04 Å². The van der Waals surface area contributed by atoms with E-state index >= 15 is 0 Å². The summed E-state index contributed by atoms with van der Waals surface area (Å²) in [6.45, 7) is 0. The van der Waals surface area contributed by atoms with Crippen molar-refractivity contribution in [3.8, 4) is 0 Å². The Morgan fingerprint density at radius 3 is 2.88 bits per heavy atom. The van der Waals surface area contributed by atoms with E-state index < -0.39 is 0 Å². The van der Waals surface area contributed by atoms with E-state index in [4.69, 9.17) is 0 Å². The molecule has 1 N–H and O–H groups in total. The minimum atomic E-state index is -0.185. The predicted octanol–water partition coefficient (Wildman–Crippen LogP) is 0.832. The lowest BCUT2D eigenvalue weighted by atomic mass is 9.99. The number of carbonyl (C=O) groups excluding carboxylic acids is 2. The highest BCUT2D eigenvalue weighted by Gasteiger charge is 2.32. The SMILES string of the molecule is CN1C(=O)CCC(NC2C=CCCC2)C1=O. The number of amides is 2. The van der Waals surface area contributed by atoms with Gasteiger partial charge < -0.3 is 0 Å². The molecular weight excluding hydrogens is 204 g/mol. The molecule has 1 aliphatic heterocycles. The van der Waals surface area contributed by atoms with Crippen LogP contribution in [0.3, 0.4) is 0 Å². The van der Waals surface area contributed by atoms with Gasteiger partial charge in [0.25, 0.3) is 0 Å². The minimum Gasteiger partial charge on any atom is -0.300 e. The molecule has 0 spiro atoms. The smallest absolute Gasteiger partial charge is 0.246 e. The van der Waals surface area contributed by atoms with Gasteiger partial charge in [-0.25, -0.2) is 0 Å². The molecule has 0 radical (unpaired) electrons. The average molecular weight is 222 g/mol. The first-order valence-electron chi connectivity index (χ1n) is 5.91. The Balaban J connectivity index is 1.94. The first-order chi connectivity index (χ1) is 7.68. The lowest BCUT2D eigenvalue weighted by Crippen LogP contribution is -2.53. The van der Waals surface area contributed by atoms with Gasteiger partial charge in [0.1, 0.15) is 0 Å². The molecule has 4 nitrogen and oxygen atoms in total. The van der Waals surface area contributed by atoms with Crippen LogP contribution in [0.15, 0.2) is 12.2 Å². The van der Waals surface area contributed by atoms with Gasteiger partial charge in [-0.2, -0.15) is 0 Å².